The highest BCUT2D eigenvalue weighted by molar-refractivity contribution is 7.89. The maximum atomic E-state index is 11.8. The predicted octanol–water partition coefficient (Wildman–Crippen LogP) is 1.55. The SMILES string of the molecule is NS(=O)(=O)c1cccc(NC(=O)CCCn2cccc2)c1. The molecule has 21 heavy (non-hydrogen) atoms. The minimum absolute atomic E-state index is 0.0207. The van der Waals surface area contributed by atoms with Crippen molar-refractivity contribution in [2.45, 2.75) is 24.3 Å². The summed E-state index contributed by atoms with van der Waals surface area (Å²) in [5.41, 5.74) is 0.424. The lowest BCUT2D eigenvalue weighted by atomic mass is 10.2. The van der Waals surface area contributed by atoms with Gasteiger partial charge in [0, 0.05) is 31.0 Å². The van der Waals surface area contributed by atoms with Crippen molar-refractivity contribution in [3.8, 4) is 0 Å². The highest BCUT2D eigenvalue weighted by Gasteiger charge is 2.09. The monoisotopic (exact) mass is 307 g/mol. The molecule has 0 aliphatic rings. The molecule has 0 unspecified atom stereocenters. The van der Waals surface area contributed by atoms with Crippen LogP contribution in [0.4, 0.5) is 5.69 Å². The lowest BCUT2D eigenvalue weighted by molar-refractivity contribution is -0.116. The van der Waals surface area contributed by atoms with Gasteiger partial charge in [-0.15, -0.1) is 0 Å². The molecule has 1 heterocycles. The molecular weight excluding hydrogens is 290 g/mol. The van der Waals surface area contributed by atoms with Gasteiger partial charge in [0.1, 0.15) is 0 Å². The third-order valence-corrected chi connectivity index (χ3v) is 3.84. The van der Waals surface area contributed by atoms with Gasteiger partial charge in [-0.1, -0.05) is 6.07 Å². The normalized spacial score (nSPS) is 11.3. The van der Waals surface area contributed by atoms with Crippen LogP contribution in [-0.2, 0) is 21.4 Å². The number of anilines is 1. The average Bonchev–Trinajstić information content (AvgIpc) is 2.91. The number of carbonyl (C=O) groups is 1. The van der Waals surface area contributed by atoms with E-state index in [1.54, 1.807) is 6.07 Å². The number of nitrogens with zero attached hydrogens (tertiary/aromatic N) is 1. The minimum Gasteiger partial charge on any atom is -0.354 e. The van der Waals surface area contributed by atoms with E-state index in [4.69, 9.17) is 5.14 Å². The summed E-state index contributed by atoms with van der Waals surface area (Å²) < 4.78 is 24.5. The van der Waals surface area contributed by atoms with Gasteiger partial charge in [-0.2, -0.15) is 0 Å². The zero-order valence-electron chi connectivity index (χ0n) is 11.4. The van der Waals surface area contributed by atoms with Gasteiger partial charge >= 0.3 is 0 Å². The molecule has 2 aromatic rings. The van der Waals surface area contributed by atoms with Gasteiger partial charge in [0.2, 0.25) is 15.9 Å². The molecule has 6 nitrogen and oxygen atoms in total. The first kappa shape index (κ1) is 15.3. The Morgan fingerprint density at radius 1 is 1.19 bits per heavy atom. The molecule has 7 heteroatoms. The summed E-state index contributed by atoms with van der Waals surface area (Å²) in [5, 5.41) is 7.71. The molecule has 0 spiro atoms. The van der Waals surface area contributed by atoms with Crippen LogP contribution in [0.2, 0.25) is 0 Å². The molecule has 0 aliphatic carbocycles. The van der Waals surface area contributed by atoms with E-state index in [1.807, 2.05) is 29.1 Å². The Kier molecular flexibility index (Phi) is 4.77. The average molecular weight is 307 g/mol. The molecule has 0 bridgehead atoms. The maximum absolute atomic E-state index is 11.8. The number of hydrogen-bond acceptors (Lipinski definition) is 3. The summed E-state index contributed by atoms with van der Waals surface area (Å²) in [4.78, 5) is 11.8. The molecule has 1 aromatic heterocycles. The Labute approximate surface area is 123 Å². The van der Waals surface area contributed by atoms with E-state index in [0.717, 1.165) is 6.54 Å². The van der Waals surface area contributed by atoms with Gasteiger partial charge in [0.15, 0.2) is 0 Å². The number of benzene rings is 1. The van der Waals surface area contributed by atoms with E-state index >= 15 is 0 Å². The van der Waals surface area contributed by atoms with Crippen molar-refractivity contribution in [1.29, 1.82) is 0 Å². The summed E-state index contributed by atoms with van der Waals surface area (Å²) in [5.74, 6) is -0.159. The molecular formula is C14H17N3O3S. The fraction of sp³-hybridized carbons (Fsp3) is 0.214. The van der Waals surface area contributed by atoms with Gasteiger partial charge in [0.25, 0.3) is 0 Å². The molecule has 2 rings (SSSR count). The highest BCUT2D eigenvalue weighted by Crippen LogP contribution is 2.14. The van der Waals surface area contributed by atoms with Crippen LogP contribution in [-0.4, -0.2) is 18.9 Å². The second-order valence-corrected chi connectivity index (χ2v) is 6.21. The number of rotatable bonds is 6. The Hall–Kier alpha value is -2.12. The summed E-state index contributed by atoms with van der Waals surface area (Å²) in [6.07, 6.45) is 4.94. The number of aromatic nitrogens is 1. The minimum atomic E-state index is -3.76. The van der Waals surface area contributed by atoms with Gasteiger partial charge < -0.3 is 9.88 Å². The maximum Gasteiger partial charge on any atom is 0.238 e. The topological polar surface area (TPSA) is 94.2 Å². The Bertz CT molecular complexity index is 709. The van der Waals surface area contributed by atoms with Crippen LogP contribution in [0.3, 0.4) is 0 Å². The second kappa shape index (κ2) is 6.55. The zero-order chi connectivity index (χ0) is 15.3. The van der Waals surface area contributed by atoms with Gasteiger partial charge in [-0.25, -0.2) is 13.6 Å². The molecule has 0 aliphatic heterocycles. The predicted molar refractivity (Wildman–Crippen MR) is 80.1 cm³/mol. The first-order valence-corrected chi connectivity index (χ1v) is 8.03. The lowest BCUT2D eigenvalue weighted by Crippen LogP contribution is -2.15. The Balaban J connectivity index is 1.88. The number of carbonyl (C=O) groups excluding carboxylic acids is 1. The molecule has 3 N–H and O–H groups in total. The van der Waals surface area contributed by atoms with E-state index < -0.39 is 10.0 Å². The van der Waals surface area contributed by atoms with Crippen molar-refractivity contribution >= 4 is 21.6 Å². The fourth-order valence-corrected chi connectivity index (χ4v) is 2.48. The molecule has 0 fully saturated rings. The number of amides is 1. The molecule has 0 atom stereocenters. The van der Waals surface area contributed by atoms with Crippen molar-refractivity contribution in [3.63, 3.8) is 0 Å². The van der Waals surface area contributed by atoms with E-state index in [1.165, 1.54) is 18.2 Å². The molecule has 1 amide bonds. The smallest absolute Gasteiger partial charge is 0.238 e. The van der Waals surface area contributed by atoms with Crippen molar-refractivity contribution in [1.82, 2.24) is 4.57 Å². The molecule has 0 saturated carbocycles. The number of hydrogen-bond donors (Lipinski definition) is 2. The number of aryl methyl sites for hydroxylation is 1. The van der Waals surface area contributed by atoms with Gasteiger partial charge in [0.05, 0.1) is 4.90 Å². The standard InChI is InChI=1S/C14H17N3O3S/c15-21(19,20)13-6-3-5-12(11-13)16-14(18)7-4-10-17-8-1-2-9-17/h1-3,5-6,8-9,11H,4,7,10H2,(H,16,18)(H2,15,19,20). The molecule has 0 radical (unpaired) electrons. The van der Waals surface area contributed by atoms with Crippen LogP contribution in [0.15, 0.2) is 53.7 Å². The third kappa shape index (κ3) is 4.73. The van der Waals surface area contributed by atoms with Gasteiger partial charge in [-0.3, -0.25) is 4.79 Å². The first-order valence-electron chi connectivity index (χ1n) is 6.48. The summed E-state index contributed by atoms with van der Waals surface area (Å²) in [6.45, 7) is 0.762. The summed E-state index contributed by atoms with van der Waals surface area (Å²) >= 11 is 0. The fourth-order valence-electron chi connectivity index (χ4n) is 1.92. The van der Waals surface area contributed by atoms with Crippen molar-refractivity contribution in [2.24, 2.45) is 5.14 Å². The van der Waals surface area contributed by atoms with E-state index in [-0.39, 0.29) is 10.8 Å². The quantitative estimate of drug-likeness (QED) is 0.848. The van der Waals surface area contributed by atoms with Crippen LogP contribution in [0, 0.1) is 0 Å². The van der Waals surface area contributed by atoms with E-state index in [0.29, 0.717) is 18.5 Å². The molecule has 0 saturated heterocycles. The van der Waals surface area contributed by atoms with Crippen LogP contribution in [0.25, 0.3) is 0 Å². The Morgan fingerprint density at radius 2 is 1.90 bits per heavy atom. The van der Waals surface area contributed by atoms with Crippen molar-refractivity contribution < 1.29 is 13.2 Å². The van der Waals surface area contributed by atoms with E-state index in [9.17, 15) is 13.2 Å². The number of primary sulfonamides is 1. The first-order chi connectivity index (χ1) is 9.95. The zero-order valence-corrected chi connectivity index (χ0v) is 12.2. The van der Waals surface area contributed by atoms with Crippen LogP contribution in [0.5, 0.6) is 0 Å². The summed E-state index contributed by atoms with van der Waals surface area (Å²) in [7, 11) is -3.76. The Morgan fingerprint density at radius 3 is 2.57 bits per heavy atom. The number of nitrogens with one attached hydrogen (secondary N) is 1. The van der Waals surface area contributed by atoms with Crippen LogP contribution in [0.1, 0.15) is 12.8 Å². The number of sulfonamides is 1. The molecule has 112 valence electrons. The van der Waals surface area contributed by atoms with Crippen molar-refractivity contribution in [3.05, 3.63) is 48.8 Å². The summed E-state index contributed by atoms with van der Waals surface area (Å²) in [6, 6.07) is 9.75. The molecule has 1 aromatic carbocycles. The lowest BCUT2D eigenvalue weighted by Gasteiger charge is -2.07. The second-order valence-electron chi connectivity index (χ2n) is 4.65. The van der Waals surface area contributed by atoms with Gasteiger partial charge in [-0.05, 0) is 36.8 Å². The largest absolute Gasteiger partial charge is 0.354 e. The van der Waals surface area contributed by atoms with Crippen molar-refractivity contribution in [2.75, 3.05) is 5.32 Å². The highest BCUT2D eigenvalue weighted by atomic mass is 32.2. The van der Waals surface area contributed by atoms with Crippen LogP contribution < -0.4 is 10.5 Å². The number of nitrogens with two attached hydrogens (primary N) is 1. The van der Waals surface area contributed by atoms with Crippen LogP contribution >= 0.6 is 0 Å². The van der Waals surface area contributed by atoms with E-state index in [2.05, 4.69) is 5.32 Å². The third-order valence-electron chi connectivity index (χ3n) is 2.93.